The lowest BCUT2D eigenvalue weighted by molar-refractivity contribution is 0.0952. The standard InChI is InChI=1S/C15H15ClN2O3/c1-9(10-3-5-11(16)6-4-10)21-13-7-12(8-19)18-14(13)15(20)17-2/h3-9,18H,1-2H3,(H,17,20). The van der Waals surface area contributed by atoms with Crippen LogP contribution >= 0.6 is 11.6 Å². The number of aldehydes is 1. The highest BCUT2D eigenvalue weighted by atomic mass is 35.5. The van der Waals surface area contributed by atoms with Gasteiger partial charge in [0.25, 0.3) is 5.91 Å². The Balaban J connectivity index is 2.25. The van der Waals surface area contributed by atoms with Crippen molar-refractivity contribution in [3.05, 3.63) is 52.3 Å². The molecule has 0 radical (unpaired) electrons. The number of aromatic amines is 1. The van der Waals surface area contributed by atoms with E-state index in [-0.39, 0.29) is 23.4 Å². The summed E-state index contributed by atoms with van der Waals surface area (Å²) in [7, 11) is 1.51. The van der Waals surface area contributed by atoms with E-state index in [1.54, 1.807) is 12.1 Å². The Hall–Kier alpha value is -2.27. The highest BCUT2D eigenvalue weighted by Gasteiger charge is 2.18. The summed E-state index contributed by atoms with van der Waals surface area (Å²) in [5.74, 6) is -0.0136. The molecule has 1 aromatic heterocycles. The van der Waals surface area contributed by atoms with Gasteiger partial charge in [0.1, 0.15) is 11.8 Å². The molecule has 0 spiro atoms. The minimum atomic E-state index is -0.346. The summed E-state index contributed by atoms with van der Waals surface area (Å²) in [6.45, 7) is 1.85. The van der Waals surface area contributed by atoms with E-state index in [0.29, 0.717) is 17.1 Å². The largest absolute Gasteiger partial charge is 0.484 e. The number of ether oxygens (including phenoxy) is 1. The molecule has 0 fully saturated rings. The molecule has 0 aliphatic carbocycles. The second-order valence-corrected chi connectivity index (χ2v) is 4.91. The van der Waals surface area contributed by atoms with Crippen LogP contribution in [0.3, 0.4) is 0 Å². The number of hydrogen-bond donors (Lipinski definition) is 2. The number of benzene rings is 1. The van der Waals surface area contributed by atoms with Crippen LogP contribution in [0.1, 0.15) is 39.6 Å². The number of carbonyl (C=O) groups is 2. The maximum Gasteiger partial charge on any atom is 0.271 e. The zero-order valence-electron chi connectivity index (χ0n) is 11.6. The van der Waals surface area contributed by atoms with Crippen LogP contribution in [0.5, 0.6) is 5.75 Å². The summed E-state index contributed by atoms with van der Waals surface area (Å²) in [4.78, 5) is 25.3. The average molecular weight is 307 g/mol. The van der Waals surface area contributed by atoms with Crippen LogP contribution in [0, 0.1) is 0 Å². The number of rotatable bonds is 5. The van der Waals surface area contributed by atoms with Crippen molar-refractivity contribution in [3.8, 4) is 5.75 Å². The highest BCUT2D eigenvalue weighted by molar-refractivity contribution is 6.30. The first-order valence-electron chi connectivity index (χ1n) is 6.37. The minimum Gasteiger partial charge on any atom is -0.484 e. The highest BCUT2D eigenvalue weighted by Crippen LogP contribution is 2.26. The van der Waals surface area contributed by atoms with E-state index >= 15 is 0 Å². The van der Waals surface area contributed by atoms with E-state index in [4.69, 9.17) is 16.3 Å². The number of amides is 1. The molecule has 0 aliphatic heterocycles. The monoisotopic (exact) mass is 306 g/mol. The van der Waals surface area contributed by atoms with Gasteiger partial charge in [-0.2, -0.15) is 0 Å². The first kappa shape index (κ1) is 15.1. The lowest BCUT2D eigenvalue weighted by Crippen LogP contribution is -2.19. The topological polar surface area (TPSA) is 71.2 Å². The van der Waals surface area contributed by atoms with Crippen molar-refractivity contribution in [1.82, 2.24) is 10.3 Å². The Morgan fingerprint density at radius 2 is 2.05 bits per heavy atom. The molecular formula is C15H15ClN2O3. The zero-order valence-corrected chi connectivity index (χ0v) is 12.4. The van der Waals surface area contributed by atoms with Crippen molar-refractivity contribution >= 4 is 23.8 Å². The molecule has 1 unspecified atom stereocenters. The normalized spacial score (nSPS) is 11.8. The van der Waals surface area contributed by atoms with Crippen LogP contribution < -0.4 is 10.1 Å². The number of halogens is 1. The minimum absolute atomic E-state index is 0.223. The molecular weight excluding hydrogens is 292 g/mol. The smallest absolute Gasteiger partial charge is 0.271 e. The van der Waals surface area contributed by atoms with Crippen LogP contribution in [0.15, 0.2) is 30.3 Å². The van der Waals surface area contributed by atoms with Crippen molar-refractivity contribution in [1.29, 1.82) is 0 Å². The van der Waals surface area contributed by atoms with Gasteiger partial charge in [0.15, 0.2) is 12.0 Å². The second kappa shape index (κ2) is 6.45. The third kappa shape index (κ3) is 3.44. The molecule has 6 heteroatoms. The molecule has 2 aromatic rings. The van der Waals surface area contributed by atoms with Gasteiger partial charge in [-0.3, -0.25) is 9.59 Å². The van der Waals surface area contributed by atoms with Crippen molar-refractivity contribution in [3.63, 3.8) is 0 Å². The van der Waals surface area contributed by atoms with Crippen molar-refractivity contribution in [2.24, 2.45) is 0 Å². The van der Waals surface area contributed by atoms with Gasteiger partial charge in [-0.1, -0.05) is 23.7 Å². The van der Waals surface area contributed by atoms with Gasteiger partial charge in [-0.15, -0.1) is 0 Å². The molecule has 0 bridgehead atoms. The van der Waals surface area contributed by atoms with E-state index in [0.717, 1.165) is 5.56 Å². The summed E-state index contributed by atoms with van der Waals surface area (Å²) in [5.41, 5.74) is 1.42. The summed E-state index contributed by atoms with van der Waals surface area (Å²) >= 11 is 5.85. The lowest BCUT2D eigenvalue weighted by Gasteiger charge is -2.15. The molecule has 5 nitrogen and oxygen atoms in total. The lowest BCUT2D eigenvalue weighted by atomic mass is 10.1. The van der Waals surface area contributed by atoms with Crippen LogP contribution in [0.4, 0.5) is 0 Å². The first-order valence-corrected chi connectivity index (χ1v) is 6.75. The van der Waals surface area contributed by atoms with E-state index in [9.17, 15) is 9.59 Å². The van der Waals surface area contributed by atoms with Gasteiger partial charge in [0, 0.05) is 18.1 Å². The van der Waals surface area contributed by atoms with E-state index < -0.39 is 0 Å². The van der Waals surface area contributed by atoms with Gasteiger partial charge in [-0.25, -0.2) is 0 Å². The van der Waals surface area contributed by atoms with E-state index in [1.807, 2.05) is 19.1 Å². The summed E-state index contributed by atoms with van der Waals surface area (Å²) in [5, 5.41) is 3.14. The van der Waals surface area contributed by atoms with Gasteiger partial charge in [0.2, 0.25) is 0 Å². The number of hydrogen-bond acceptors (Lipinski definition) is 3. The predicted molar refractivity (Wildman–Crippen MR) is 80.1 cm³/mol. The maximum absolute atomic E-state index is 11.8. The third-order valence-electron chi connectivity index (χ3n) is 3.03. The fourth-order valence-corrected chi connectivity index (χ4v) is 2.02. The van der Waals surface area contributed by atoms with Crippen LogP contribution in [-0.4, -0.2) is 24.2 Å². The molecule has 110 valence electrons. The van der Waals surface area contributed by atoms with Crippen LogP contribution in [0.2, 0.25) is 5.02 Å². The Morgan fingerprint density at radius 1 is 1.38 bits per heavy atom. The number of H-pyrrole nitrogens is 1. The molecule has 1 heterocycles. The fourth-order valence-electron chi connectivity index (χ4n) is 1.90. The first-order chi connectivity index (χ1) is 10.0. The predicted octanol–water partition coefficient (Wildman–Crippen LogP) is 2.98. The summed E-state index contributed by atoms with van der Waals surface area (Å²) in [6.07, 6.45) is 0.340. The van der Waals surface area contributed by atoms with Crippen LogP contribution in [0.25, 0.3) is 0 Å². The van der Waals surface area contributed by atoms with E-state index in [1.165, 1.54) is 13.1 Å². The Bertz CT molecular complexity index is 649. The molecule has 0 aliphatic rings. The van der Waals surface area contributed by atoms with Crippen molar-refractivity contribution in [2.75, 3.05) is 7.05 Å². The Kier molecular flexibility index (Phi) is 4.65. The molecule has 1 aromatic carbocycles. The van der Waals surface area contributed by atoms with Gasteiger partial charge in [-0.05, 0) is 24.6 Å². The zero-order chi connectivity index (χ0) is 15.4. The Labute approximate surface area is 127 Å². The molecule has 21 heavy (non-hydrogen) atoms. The summed E-state index contributed by atoms with van der Waals surface area (Å²) < 4.78 is 5.78. The molecule has 0 saturated heterocycles. The summed E-state index contributed by atoms with van der Waals surface area (Å²) in [6, 6.07) is 8.73. The average Bonchev–Trinajstić information content (AvgIpc) is 2.90. The fraction of sp³-hybridized carbons (Fsp3) is 0.200. The van der Waals surface area contributed by atoms with Gasteiger partial charge < -0.3 is 15.0 Å². The second-order valence-electron chi connectivity index (χ2n) is 4.47. The number of aromatic nitrogens is 1. The van der Waals surface area contributed by atoms with Crippen molar-refractivity contribution in [2.45, 2.75) is 13.0 Å². The molecule has 2 N–H and O–H groups in total. The van der Waals surface area contributed by atoms with Gasteiger partial charge >= 0.3 is 0 Å². The maximum atomic E-state index is 11.8. The third-order valence-corrected chi connectivity index (χ3v) is 3.28. The van der Waals surface area contributed by atoms with Gasteiger partial charge in [0.05, 0.1) is 5.69 Å². The number of nitrogens with one attached hydrogen (secondary N) is 2. The van der Waals surface area contributed by atoms with Crippen molar-refractivity contribution < 1.29 is 14.3 Å². The quantitative estimate of drug-likeness (QED) is 0.834. The van der Waals surface area contributed by atoms with Crippen LogP contribution in [-0.2, 0) is 0 Å². The molecule has 1 atom stereocenters. The molecule has 1 amide bonds. The molecule has 2 rings (SSSR count). The Morgan fingerprint density at radius 3 is 2.62 bits per heavy atom. The van der Waals surface area contributed by atoms with E-state index in [2.05, 4.69) is 10.3 Å². The molecule has 0 saturated carbocycles. The number of carbonyl (C=O) groups excluding carboxylic acids is 2. The SMILES string of the molecule is CNC(=O)c1[nH]c(C=O)cc1OC(C)c1ccc(Cl)cc1.